The first-order valence-corrected chi connectivity index (χ1v) is 8.65. The van der Waals surface area contributed by atoms with E-state index < -0.39 is 0 Å². The lowest BCUT2D eigenvalue weighted by Crippen LogP contribution is -2.11. The summed E-state index contributed by atoms with van der Waals surface area (Å²) in [7, 11) is 1.85. The smallest absolute Gasteiger partial charge is 0.227 e. The second-order valence-corrected chi connectivity index (χ2v) is 6.57. The number of nitrogens with one attached hydrogen (secondary N) is 2. The molecular weight excluding hydrogens is 328 g/mol. The molecule has 7 heteroatoms. The van der Waals surface area contributed by atoms with E-state index in [4.69, 9.17) is 0 Å². The number of anilines is 3. The lowest BCUT2D eigenvalue weighted by molar-refractivity contribution is -0.116. The molecule has 1 aliphatic carbocycles. The normalized spacial score (nSPS) is 13.4. The van der Waals surface area contributed by atoms with Gasteiger partial charge in [0.25, 0.3) is 0 Å². The van der Waals surface area contributed by atoms with Crippen LogP contribution in [0.1, 0.15) is 19.3 Å². The van der Waals surface area contributed by atoms with Crippen LogP contribution >= 0.6 is 0 Å². The minimum Gasteiger partial charge on any atom is -0.326 e. The third-order valence-electron chi connectivity index (χ3n) is 4.25. The van der Waals surface area contributed by atoms with Gasteiger partial charge in [-0.2, -0.15) is 5.10 Å². The van der Waals surface area contributed by atoms with Crippen LogP contribution in [0.5, 0.6) is 0 Å². The maximum atomic E-state index is 11.9. The maximum Gasteiger partial charge on any atom is 0.227 e. The fraction of sp³-hybridized carbons (Fsp3) is 0.263. The van der Waals surface area contributed by atoms with E-state index in [1.165, 1.54) is 12.8 Å². The van der Waals surface area contributed by atoms with Gasteiger partial charge in [-0.05, 0) is 37.0 Å². The highest BCUT2D eigenvalue weighted by molar-refractivity contribution is 5.91. The zero-order valence-electron chi connectivity index (χ0n) is 14.5. The molecule has 7 nitrogen and oxygen atoms in total. The number of carbonyl (C=O) groups is 1. The zero-order valence-corrected chi connectivity index (χ0v) is 14.5. The van der Waals surface area contributed by atoms with Crippen LogP contribution in [0, 0.1) is 5.92 Å². The summed E-state index contributed by atoms with van der Waals surface area (Å²) < 4.78 is 1.71. The summed E-state index contributed by atoms with van der Waals surface area (Å²) in [5.74, 6) is 1.18. The number of amides is 1. The summed E-state index contributed by atoms with van der Waals surface area (Å²) in [4.78, 5) is 20.7. The zero-order chi connectivity index (χ0) is 17.9. The Morgan fingerprint density at radius 2 is 2.00 bits per heavy atom. The molecule has 4 rings (SSSR count). The summed E-state index contributed by atoms with van der Waals surface area (Å²) >= 11 is 0. The van der Waals surface area contributed by atoms with Gasteiger partial charge >= 0.3 is 0 Å². The number of rotatable bonds is 6. The van der Waals surface area contributed by atoms with Crippen molar-refractivity contribution in [1.82, 2.24) is 19.7 Å². The van der Waals surface area contributed by atoms with Crippen LogP contribution in [-0.2, 0) is 11.8 Å². The molecule has 3 aromatic rings. The van der Waals surface area contributed by atoms with Crippen molar-refractivity contribution < 1.29 is 4.79 Å². The largest absolute Gasteiger partial charge is 0.326 e. The van der Waals surface area contributed by atoms with Crippen LogP contribution in [0.3, 0.4) is 0 Å². The summed E-state index contributed by atoms with van der Waals surface area (Å²) in [5.41, 5.74) is 3.41. The highest BCUT2D eigenvalue weighted by atomic mass is 16.1. The van der Waals surface area contributed by atoms with Gasteiger partial charge in [-0.3, -0.25) is 9.48 Å². The average molecular weight is 348 g/mol. The van der Waals surface area contributed by atoms with Gasteiger partial charge in [0.15, 0.2) is 0 Å². The van der Waals surface area contributed by atoms with Crippen LogP contribution in [0.4, 0.5) is 17.3 Å². The summed E-state index contributed by atoms with van der Waals surface area (Å²) in [6.45, 7) is 0. The van der Waals surface area contributed by atoms with E-state index >= 15 is 0 Å². The Hall–Kier alpha value is -3.22. The van der Waals surface area contributed by atoms with E-state index in [1.807, 2.05) is 43.6 Å². The predicted molar refractivity (Wildman–Crippen MR) is 99.9 cm³/mol. The van der Waals surface area contributed by atoms with Crippen LogP contribution < -0.4 is 10.6 Å². The molecule has 2 N–H and O–H groups in total. The van der Waals surface area contributed by atoms with Crippen LogP contribution in [0.2, 0.25) is 0 Å². The molecule has 0 bridgehead atoms. The lowest BCUT2D eigenvalue weighted by Gasteiger charge is -2.07. The molecule has 132 valence electrons. The van der Waals surface area contributed by atoms with E-state index in [2.05, 4.69) is 25.7 Å². The molecular formula is C19H20N6O. The third-order valence-corrected chi connectivity index (χ3v) is 4.25. The summed E-state index contributed by atoms with van der Waals surface area (Å²) in [5, 5.41) is 10.2. The van der Waals surface area contributed by atoms with Gasteiger partial charge in [-0.25, -0.2) is 9.97 Å². The molecule has 1 fully saturated rings. The monoisotopic (exact) mass is 348 g/mol. The molecule has 2 aromatic heterocycles. The molecule has 0 saturated heterocycles. The Bertz CT molecular complexity index is 914. The van der Waals surface area contributed by atoms with Crippen molar-refractivity contribution in [3.8, 4) is 11.3 Å². The van der Waals surface area contributed by atoms with E-state index in [1.54, 1.807) is 17.1 Å². The van der Waals surface area contributed by atoms with Crippen molar-refractivity contribution >= 4 is 23.2 Å². The fourth-order valence-electron chi connectivity index (χ4n) is 2.72. The second kappa shape index (κ2) is 6.95. The lowest BCUT2D eigenvalue weighted by atomic mass is 10.1. The molecule has 26 heavy (non-hydrogen) atoms. The molecule has 1 amide bonds. The minimum atomic E-state index is 0.0882. The quantitative estimate of drug-likeness (QED) is 0.713. The first-order valence-electron chi connectivity index (χ1n) is 8.65. The number of hydrogen-bond donors (Lipinski definition) is 2. The Morgan fingerprint density at radius 3 is 2.69 bits per heavy atom. The first kappa shape index (κ1) is 16.3. The van der Waals surface area contributed by atoms with Gasteiger partial charge in [0.2, 0.25) is 11.9 Å². The topological polar surface area (TPSA) is 84.7 Å². The Balaban J connectivity index is 1.44. The second-order valence-electron chi connectivity index (χ2n) is 6.57. The Labute approximate surface area is 151 Å². The molecule has 0 aliphatic heterocycles. The highest BCUT2D eigenvalue weighted by Gasteiger charge is 2.24. The van der Waals surface area contributed by atoms with Crippen molar-refractivity contribution in [3.05, 3.63) is 48.9 Å². The molecule has 1 aliphatic rings. The van der Waals surface area contributed by atoms with Crippen molar-refractivity contribution in [2.45, 2.75) is 19.3 Å². The van der Waals surface area contributed by atoms with Crippen molar-refractivity contribution in [2.75, 3.05) is 10.6 Å². The number of aromatic nitrogens is 4. The Kier molecular flexibility index (Phi) is 4.35. The fourth-order valence-corrected chi connectivity index (χ4v) is 2.72. The van der Waals surface area contributed by atoms with Crippen LogP contribution in [-0.4, -0.2) is 25.7 Å². The van der Waals surface area contributed by atoms with E-state index in [-0.39, 0.29) is 5.91 Å². The van der Waals surface area contributed by atoms with Gasteiger partial charge in [0.1, 0.15) is 0 Å². The summed E-state index contributed by atoms with van der Waals surface area (Å²) in [6, 6.07) is 9.55. The summed E-state index contributed by atoms with van der Waals surface area (Å²) in [6.07, 6.45) is 8.26. The van der Waals surface area contributed by atoms with Gasteiger partial charge < -0.3 is 10.6 Å². The van der Waals surface area contributed by atoms with Crippen molar-refractivity contribution in [1.29, 1.82) is 0 Å². The Morgan fingerprint density at radius 1 is 1.19 bits per heavy atom. The van der Waals surface area contributed by atoms with E-state index in [0.29, 0.717) is 18.3 Å². The minimum absolute atomic E-state index is 0.0882. The molecule has 2 heterocycles. The molecule has 0 atom stereocenters. The van der Waals surface area contributed by atoms with E-state index in [0.717, 1.165) is 22.6 Å². The van der Waals surface area contributed by atoms with Gasteiger partial charge in [-0.1, -0.05) is 12.1 Å². The number of nitrogens with zero attached hydrogens (tertiary/aromatic N) is 4. The van der Waals surface area contributed by atoms with Gasteiger partial charge in [0, 0.05) is 37.1 Å². The van der Waals surface area contributed by atoms with Crippen LogP contribution in [0.15, 0.2) is 48.9 Å². The SMILES string of the molecule is Cn1cc(Nc2nccc(-c3ccc(NC(=O)CC4CC4)cc3)n2)cn1. The van der Waals surface area contributed by atoms with Gasteiger partial charge in [-0.15, -0.1) is 0 Å². The number of benzene rings is 1. The molecule has 0 unspecified atom stereocenters. The highest BCUT2D eigenvalue weighted by Crippen LogP contribution is 2.32. The third kappa shape index (κ3) is 4.05. The number of aryl methyl sites for hydroxylation is 1. The van der Waals surface area contributed by atoms with Gasteiger partial charge in [0.05, 0.1) is 17.6 Å². The first-order chi connectivity index (χ1) is 12.7. The standard InChI is InChI=1S/C19H20N6O/c1-25-12-16(11-21-25)23-19-20-9-8-17(24-19)14-4-6-15(7-5-14)22-18(26)10-13-2-3-13/h4-9,11-13H,2-3,10H2,1H3,(H,22,26)(H,20,23,24). The number of hydrogen-bond acceptors (Lipinski definition) is 5. The predicted octanol–water partition coefficient (Wildman–Crippen LogP) is 3.36. The molecule has 1 aromatic carbocycles. The van der Waals surface area contributed by atoms with Crippen LogP contribution in [0.25, 0.3) is 11.3 Å². The van der Waals surface area contributed by atoms with E-state index in [9.17, 15) is 4.79 Å². The van der Waals surface area contributed by atoms with Crippen molar-refractivity contribution in [2.24, 2.45) is 13.0 Å². The van der Waals surface area contributed by atoms with Crippen molar-refractivity contribution in [3.63, 3.8) is 0 Å². The number of carbonyl (C=O) groups excluding carboxylic acids is 1. The molecule has 0 spiro atoms. The average Bonchev–Trinajstić information content (AvgIpc) is 3.35. The maximum absolute atomic E-state index is 11.9. The molecule has 0 radical (unpaired) electrons. The molecule has 1 saturated carbocycles.